The Hall–Kier alpha value is -2.55. The first-order valence-corrected chi connectivity index (χ1v) is 10.7. The number of hydrogen-bond donors (Lipinski definition) is 1. The van der Waals surface area contributed by atoms with Crippen molar-refractivity contribution >= 4 is 27.3 Å². The SMILES string of the molecule is CN(C)S(=O)(=O)c1cccc(C(=O)NC(c2ccc(F)cc2)c2cccs2)c1. The number of rotatable bonds is 6. The Balaban J connectivity index is 1.92. The minimum atomic E-state index is -3.65. The molecule has 1 aromatic heterocycles. The lowest BCUT2D eigenvalue weighted by Crippen LogP contribution is -2.29. The Bertz CT molecular complexity index is 1060. The number of nitrogens with one attached hydrogen (secondary N) is 1. The molecular formula is C20H19FN2O3S2. The highest BCUT2D eigenvalue weighted by Crippen LogP contribution is 2.27. The summed E-state index contributed by atoms with van der Waals surface area (Å²) in [7, 11) is -0.780. The number of sulfonamides is 1. The lowest BCUT2D eigenvalue weighted by atomic mass is 10.0. The van der Waals surface area contributed by atoms with Gasteiger partial charge in [0.2, 0.25) is 10.0 Å². The Morgan fingerprint density at radius 1 is 1.07 bits per heavy atom. The van der Waals surface area contributed by atoms with Gasteiger partial charge in [-0.2, -0.15) is 0 Å². The van der Waals surface area contributed by atoms with E-state index in [4.69, 9.17) is 0 Å². The maximum Gasteiger partial charge on any atom is 0.252 e. The number of carbonyl (C=O) groups is 1. The summed E-state index contributed by atoms with van der Waals surface area (Å²) < 4.78 is 39.0. The normalized spacial score (nSPS) is 12.7. The van der Waals surface area contributed by atoms with Gasteiger partial charge in [-0.05, 0) is 47.3 Å². The monoisotopic (exact) mass is 418 g/mol. The van der Waals surface area contributed by atoms with Crippen molar-refractivity contribution in [1.82, 2.24) is 9.62 Å². The predicted octanol–water partition coefficient (Wildman–Crippen LogP) is 3.66. The fourth-order valence-corrected chi connectivity index (χ4v) is 4.40. The lowest BCUT2D eigenvalue weighted by molar-refractivity contribution is 0.0943. The lowest BCUT2D eigenvalue weighted by Gasteiger charge is -2.19. The molecule has 5 nitrogen and oxygen atoms in total. The number of nitrogens with zero attached hydrogens (tertiary/aromatic N) is 1. The van der Waals surface area contributed by atoms with Crippen LogP contribution in [-0.2, 0) is 10.0 Å². The van der Waals surface area contributed by atoms with Crippen molar-refractivity contribution < 1.29 is 17.6 Å². The first-order valence-electron chi connectivity index (χ1n) is 8.41. The first-order chi connectivity index (χ1) is 13.3. The summed E-state index contributed by atoms with van der Waals surface area (Å²) in [5, 5.41) is 4.81. The van der Waals surface area contributed by atoms with Gasteiger partial charge in [0.1, 0.15) is 5.82 Å². The van der Waals surface area contributed by atoms with E-state index in [9.17, 15) is 17.6 Å². The second kappa shape index (κ2) is 8.22. The van der Waals surface area contributed by atoms with Crippen LogP contribution in [0.4, 0.5) is 4.39 Å². The Morgan fingerprint density at radius 2 is 1.79 bits per heavy atom. The van der Waals surface area contributed by atoms with E-state index in [0.717, 1.165) is 14.7 Å². The maximum absolute atomic E-state index is 13.3. The van der Waals surface area contributed by atoms with Crippen LogP contribution in [0.3, 0.4) is 0 Å². The molecule has 1 heterocycles. The molecule has 2 aromatic carbocycles. The Kier molecular flexibility index (Phi) is 5.93. The molecule has 0 aliphatic rings. The highest BCUT2D eigenvalue weighted by Gasteiger charge is 2.22. The molecule has 0 fully saturated rings. The Labute approximate surface area is 167 Å². The number of thiophene rings is 1. The average molecular weight is 419 g/mol. The number of halogens is 1. The summed E-state index contributed by atoms with van der Waals surface area (Å²) >= 11 is 1.47. The van der Waals surface area contributed by atoms with Crippen LogP contribution in [0.1, 0.15) is 26.8 Å². The largest absolute Gasteiger partial charge is 0.340 e. The van der Waals surface area contributed by atoms with Gasteiger partial charge in [0.05, 0.1) is 10.9 Å². The van der Waals surface area contributed by atoms with Gasteiger partial charge in [0.25, 0.3) is 5.91 Å². The van der Waals surface area contributed by atoms with Crippen LogP contribution in [0, 0.1) is 5.82 Å². The van der Waals surface area contributed by atoms with Gasteiger partial charge >= 0.3 is 0 Å². The molecule has 0 saturated carbocycles. The van der Waals surface area contributed by atoms with E-state index >= 15 is 0 Å². The quantitative estimate of drug-likeness (QED) is 0.664. The molecule has 3 aromatic rings. The van der Waals surface area contributed by atoms with E-state index < -0.39 is 22.0 Å². The molecule has 3 rings (SSSR count). The molecule has 1 N–H and O–H groups in total. The zero-order valence-corrected chi connectivity index (χ0v) is 16.9. The minimum absolute atomic E-state index is 0.0413. The van der Waals surface area contributed by atoms with E-state index in [0.29, 0.717) is 0 Å². The third-order valence-corrected chi connectivity index (χ3v) is 6.93. The maximum atomic E-state index is 13.3. The summed E-state index contributed by atoms with van der Waals surface area (Å²) in [6, 6.07) is 15.1. The molecule has 0 bridgehead atoms. The summed E-state index contributed by atoms with van der Waals surface area (Å²) in [5.41, 5.74) is 0.959. The van der Waals surface area contributed by atoms with Gasteiger partial charge in [-0.15, -0.1) is 11.3 Å². The highest BCUT2D eigenvalue weighted by atomic mass is 32.2. The first kappa shape index (κ1) is 20.2. The van der Waals surface area contributed by atoms with Gasteiger partial charge < -0.3 is 5.32 Å². The number of carbonyl (C=O) groups excluding carboxylic acids is 1. The number of hydrogen-bond acceptors (Lipinski definition) is 4. The van der Waals surface area contributed by atoms with Crippen molar-refractivity contribution in [2.75, 3.05) is 14.1 Å². The van der Waals surface area contributed by atoms with Crippen molar-refractivity contribution in [2.45, 2.75) is 10.9 Å². The van der Waals surface area contributed by atoms with E-state index in [1.54, 1.807) is 18.2 Å². The van der Waals surface area contributed by atoms with E-state index in [2.05, 4.69) is 5.32 Å². The molecule has 0 spiro atoms. The number of amides is 1. The van der Waals surface area contributed by atoms with Crippen LogP contribution in [0.5, 0.6) is 0 Å². The van der Waals surface area contributed by atoms with Crippen LogP contribution in [0.15, 0.2) is 70.9 Å². The van der Waals surface area contributed by atoms with Crippen LogP contribution in [-0.4, -0.2) is 32.7 Å². The summed E-state index contributed by atoms with van der Waals surface area (Å²) in [5.74, 6) is -0.778. The van der Waals surface area contributed by atoms with Crippen molar-refractivity contribution in [2.24, 2.45) is 0 Å². The molecule has 146 valence electrons. The molecule has 1 atom stereocenters. The van der Waals surface area contributed by atoms with Crippen LogP contribution >= 0.6 is 11.3 Å². The average Bonchev–Trinajstić information content (AvgIpc) is 3.21. The minimum Gasteiger partial charge on any atom is -0.340 e. The fourth-order valence-electron chi connectivity index (χ4n) is 2.65. The molecule has 0 aliphatic carbocycles. The standard InChI is InChI=1S/C20H19FN2O3S2/c1-23(2)28(25,26)17-6-3-5-15(13-17)20(24)22-19(18-7-4-12-27-18)14-8-10-16(21)11-9-14/h3-13,19H,1-2H3,(H,22,24). The molecule has 1 unspecified atom stereocenters. The molecule has 28 heavy (non-hydrogen) atoms. The van der Waals surface area contributed by atoms with Crippen LogP contribution in [0.25, 0.3) is 0 Å². The topological polar surface area (TPSA) is 66.5 Å². The smallest absolute Gasteiger partial charge is 0.252 e. The van der Waals surface area contributed by atoms with Gasteiger partial charge in [0.15, 0.2) is 0 Å². The summed E-state index contributed by atoms with van der Waals surface area (Å²) in [6.07, 6.45) is 0. The predicted molar refractivity (Wildman–Crippen MR) is 107 cm³/mol. The number of benzene rings is 2. The third-order valence-electron chi connectivity index (χ3n) is 4.18. The van der Waals surface area contributed by atoms with Gasteiger partial charge in [0, 0.05) is 24.5 Å². The second-order valence-electron chi connectivity index (χ2n) is 6.29. The van der Waals surface area contributed by atoms with E-state index in [1.807, 2.05) is 17.5 Å². The molecule has 0 saturated heterocycles. The summed E-state index contributed by atoms with van der Waals surface area (Å²) in [6.45, 7) is 0. The van der Waals surface area contributed by atoms with Crippen molar-refractivity contribution in [3.05, 3.63) is 87.9 Å². The van der Waals surface area contributed by atoms with Gasteiger partial charge in [-0.3, -0.25) is 4.79 Å². The van der Waals surface area contributed by atoms with Crippen LogP contribution < -0.4 is 5.32 Å². The van der Waals surface area contributed by atoms with E-state index in [1.165, 1.54) is 55.8 Å². The molecular weight excluding hydrogens is 399 g/mol. The van der Waals surface area contributed by atoms with Crippen molar-refractivity contribution in [3.8, 4) is 0 Å². The van der Waals surface area contributed by atoms with Gasteiger partial charge in [-0.1, -0.05) is 24.3 Å². The summed E-state index contributed by atoms with van der Waals surface area (Å²) in [4.78, 5) is 13.8. The van der Waals surface area contributed by atoms with E-state index in [-0.39, 0.29) is 16.3 Å². The zero-order valence-electron chi connectivity index (χ0n) is 15.3. The third kappa shape index (κ3) is 4.30. The van der Waals surface area contributed by atoms with Gasteiger partial charge in [-0.25, -0.2) is 17.1 Å². The molecule has 0 radical (unpaired) electrons. The van der Waals surface area contributed by atoms with Crippen LogP contribution in [0.2, 0.25) is 0 Å². The molecule has 0 aliphatic heterocycles. The van der Waals surface area contributed by atoms with Crippen molar-refractivity contribution in [3.63, 3.8) is 0 Å². The molecule has 8 heteroatoms. The van der Waals surface area contributed by atoms with Crippen molar-refractivity contribution in [1.29, 1.82) is 0 Å². The molecule has 1 amide bonds. The highest BCUT2D eigenvalue weighted by molar-refractivity contribution is 7.89. The second-order valence-corrected chi connectivity index (χ2v) is 9.42. The fraction of sp³-hybridized carbons (Fsp3) is 0.150. The Morgan fingerprint density at radius 3 is 2.39 bits per heavy atom. The zero-order chi connectivity index (χ0) is 20.3.